The zero-order chi connectivity index (χ0) is 14.7. The van der Waals surface area contributed by atoms with Gasteiger partial charge in [-0.2, -0.15) is 0 Å². The number of thiophene rings is 1. The van der Waals surface area contributed by atoms with Crippen molar-refractivity contribution < 1.29 is 4.79 Å². The largest absolute Gasteiger partial charge is 0.325 e. The number of rotatable bonds is 4. The predicted octanol–water partition coefficient (Wildman–Crippen LogP) is 4.68. The van der Waals surface area contributed by atoms with Gasteiger partial charge in [0, 0.05) is 11.6 Å². The summed E-state index contributed by atoms with van der Waals surface area (Å²) in [4.78, 5) is 16.3. The molecule has 1 N–H and O–H groups in total. The molecule has 0 fully saturated rings. The second-order valence-electron chi connectivity index (χ2n) is 4.26. The molecule has 3 rings (SSSR count). The maximum Gasteiger partial charge on any atom is 0.234 e. The Morgan fingerprint density at radius 3 is 3.00 bits per heavy atom. The van der Waals surface area contributed by atoms with E-state index in [0.717, 1.165) is 15.3 Å². The number of halogens is 1. The van der Waals surface area contributed by atoms with Crippen LogP contribution in [-0.4, -0.2) is 16.6 Å². The van der Waals surface area contributed by atoms with Crippen molar-refractivity contribution in [2.45, 2.75) is 4.21 Å². The quantitative estimate of drug-likeness (QED) is 0.704. The molecule has 3 nitrogen and oxygen atoms in total. The Bertz CT molecular complexity index is 774. The number of anilines is 1. The summed E-state index contributed by atoms with van der Waals surface area (Å²) in [5.41, 5.74) is 1.43. The third kappa shape index (κ3) is 3.37. The molecule has 0 saturated heterocycles. The maximum absolute atomic E-state index is 12.1. The van der Waals surface area contributed by atoms with Crippen LogP contribution >= 0.6 is 34.7 Å². The number of pyridine rings is 1. The Morgan fingerprint density at radius 2 is 2.19 bits per heavy atom. The van der Waals surface area contributed by atoms with Crippen LogP contribution in [0.25, 0.3) is 10.9 Å². The molecule has 0 spiro atoms. The van der Waals surface area contributed by atoms with Crippen LogP contribution in [0.15, 0.2) is 52.2 Å². The normalized spacial score (nSPS) is 10.7. The van der Waals surface area contributed by atoms with Gasteiger partial charge in [0.2, 0.25) is 5.91 Å². The monoisotopic (exact) mass is 334 g/mol. The lowest BCUT2D eigenvalue weighted by Crippen LogP contribution is -2.14. The van der Waals surface area contributed by atoms with Crippen LogP contribution < -0.4 is 5.32 Å². The minimum atomic E-state index is -0.0409. The van der Waals surface area contributed by atoms with Crippen molar-refractivity contribution >= 4 is 57.2 Å². The van der Waals surface area contributed by atoms with Gasteiger partial charge in [0.1, 0.15) is 0 Å². The van der Waals surface area contributed by atoms with Gasteiger partial charge in [0.15, 0.2) is 0 Å². The highest BCUT2D eigenvalue weighted by Crippen LogP contribution is 2.28. The second-order valence-corrected chi connectivity index (χ2v) is 6.89. The first kappa shape index (κ1) is 14.4. The second kappa shape index (κ2) is 6.47. The molecule has 0 unspecified atom stereocenters. The Balaban J connectivity index is 1.75. The molecule has 1 amide bonds. The van der Waals surface area contributed by atoms with Gasteiger partial charge >= 0.3 is 0 Å². The number of benzene rings is 1. The number of nitrogens with one attached hydrogen (secondary N) is 1. The van der Waals surface area contributed by atoms with Crippen LogP contribution in [0.2, 0.25) is 5.02 Å². The Kier molecular flexibility index (Phi) is 4.43. The minimum absolute atomic E-state index is 0.0409. The van der Waals surface area contributed by atoms with E-state index in [9.17, 15) is 4.79 Å². The van der Waals surface area contributed by atoms with Crippen molar-refractivity contribution in [3.63, 3.8) is 0 Å². The van der Waals surface area contributed by atoms with Crippen molar-refractivity contribution in [3.8, 4) is 0 Å². The van der Waals surface area contributed by atoms with Gasteiger partial charge in [0.05, 0.1) is 26.2 Å². The molecular formula is C15H11ClN2OS2. The molecule has 0 aliphatic heterocycles. The van der Waals surface area contributed by atoms with Crippen molar-refractivity contribution in [1.29, 1.82) is 0 Å². The van der Waals surface area contributed by atoms with Crippen molar-refractivity contribution in [3.05, 3.63) is 53.0 Å². The smallest absolute Gasteiger partial charge is 0.234 e. The number of hydrogen-bond acceptors (Lipinski definition) is 4. The zero-order valence-corrected chi connectivity index (χ0v) is 13.3. The van der Waals surface area contributed by atoms with Crippen molar-refractivity contribution in [2.24, 2.45) is 0 Å². The van der Waals surface area contributed by atoms with Gasteiger partial charge in [-0.1, -0.05) is 17.7 Å². The van der Waals surface area contributed by atoms with Crippen molar-refractivity contribution in [2.75, 3.05) is 11.1 Å². The molecule has 21 heavy (non-hydrogen) atoms. The predicted molar refractivity (Wildman–Crippen MR) is 90.4 cm³/mol. The Labute approximate surface area is 135 Å². The molecule has 6 heteroatoms. The molecule has 1 aromatic carbocycles. The van der Waals surface area contributed by atoms with E-state index >= 15 is 0 Å². The van der Waals surface area contributed by atoms with Crippen molar-refractivity contribution in [1.82, 2.24) is 4.98 Å². The third-order valence-electron chi connectivity index (χ3n) is 2.84. The van der Waals surface area contributed by atoms with E-state index in [4.69, 9.17) is 11.6 Å². The van der Waals surface area contributed by atoms with Crippen LogP contribution in [0.4, 0.5) is 5.69 Å². The van der Waals surface area contributed by atoms with E-state index in [1.165, 1.54) is 11.8 Å². The van der Waals surface area contributed by atoms with Gasteiger partial charge in [-0.15, -0.1) is 23.1 Å². The number of amides is 1. The molecule has 0 saturated carbocycles. The van der Waals surface area contributed by atoms with E-state index in [0.29, 0.717) is 16.3 Å². The van der Waals surface area contributed by atoms with E-state index in [-0.39, 0.29) is 5.91 Å². The fourth-order valence-corrected chi connectivity index (χ4v) is 3.71. The summed E-state index contributed by atoms with van der Waals surface area (Å²) >= 11 is 9.28. The van der Waals surface area contributed by atoms with Gasteiger partial charge < -0.3 is 5.32 Å². The lowest BCUT2D eigenvalue weighted by atomic mass is 10.2. The third-order valence-corrected chi connectivity index (χ3v) is 5.27. The van der Waals surface area contributed by atoms with Crippen LogP contribution in [0.1, 0.15) is 0 Å². The zero-order valence-electron chi connectivity index (χ0n) is 10.9. The van der Waals surface area contributed by atoms with E-state index in [2.05, 4.69) is 10.3 Å². The lowest BCUT2D eigenvalue weighted by molar-refractivity contribution is -0.113. The SMILES string of the molecule is O=C(CSc1cccs1)Nc1ccc(Cl)c2ncccc12. The minimum Gasteiger partial charge on any atom is -0.325 e. The summed E-state index contributed by atoms with van der Waals surface area (Å²) in [7, 11) is 0. The molecule has 0 radical (unpaired) electrons. The average molecular weight is 335 g/mol. The summed E-state index contributed by atoms with van der Waals surface area (Å²) in [6.45, 7) is 0. The summed E-state index contributed by atoms with van der Waals surface area (Å²) < 4.78 is 1.13. The Morgan fingerprint density at radius 1 is 1.29 bits per heavy atom. The topological polar surface area (TPSA) is 42.0 Å². The number of thioether (sulfide) groups is 1. The number of hydrogen-bond donors (Lipinski definition) is 1. The average Bonchev–Trinajstić information content (AvgIpc) is 3.02. The van der Waals surface area contributed by atoms with Crippen LogP contribution in [0, 0.1) is 0 Å². The highest BCUT2D eigenvalue weighted by Gasteiger charge is 2.09. The molecule has 0 aliphatic carbocycles. The van der Waals surface area contributed by atoms with E-state index in [1.807, 2.05) is 29.6 Å². The molecule has 2 heterocycles. The summed E-state index contributed by atoms with van der Waals surface area (Å²) in [6.07, 6.45) is 1.69. The first-order chi connectivity index (χ1) is 10.2. The Hall–Kier alpha value is -1.56. The lowest BCUT2D eigenvalue weighted by Gasteiger charge is -2.09. The highest BCUT2D eigenvalue weighted by molar-refractivity contribution is 8.01. The number of carbonyl (C=O) groups is 1. The fourth-order valence-electron chi connectivity index (χ4n) is 1.92. The number of carbonyl (C=O) groups excluding carboxylic acids is 1. The maximum atomic E-state index is 12.1. The summed E-state index contributed by atoms with van der Waals surface area (Å²) in [5, 5.41) is 6.35. The van der Waals surface area contributed by atoms with Crippen LogP contribution in [-0.2, 0) is 4.79 Å². The highest BCUT2D eigenvalue weighted by atomic mass is 35.5. The van der Waals surface area contributed by atoms with Gasteiger partial charge in [-0.25, -0.2) is 0 Å². The fraction of sp³-hybridized carbons (Fsp3) is 0.0667. The first-order valence-electron chi connectivity index (χ1n) is 6.23. The first-order valence-corrected chi connectivity index (χ1v) is 8.48. The molecule has 106 valence electrons. The molecular weight excluding hydrogens is 324 g/mol. The molecule has 0 bridgehead atoms. The molecule has 0 aliphatic rings. The summed E-state index contributed by atoms with van der Waals surface area (Å²) in [5.74, 6) is 0.339. The number of fused-ring (bicyclic) bond motifs is 1. The number of nitrogens with zero attached hydrogens (tertiary/aromatic N) is 1. The van der Waals surface area contributed by atoms with Gasteiger partial charge in [-0.05, 0) is 35.7 Å². The molecule has 3 aromatic rings. The van der Waals surface area contributed by atoms with Crippen LogP contribution in [0.3, 0.4) is 0 Å². The summed E-state index contributed by atoms with van der Waals surface area (Å²) in [6, 6.07) is 11.3. The van der Waals surface area contributed by atoms with Gasteiger partial charge in [-0.3, -0.25) is 9.78 Å². The molecule has 2 aromatic heterocycles. The van der Waals surface area contributed by atoms with E-state index < -0.39 is 0 Å². The molecule has 0 atom stereocenters. The standard InChI is InChI=1S/C15H11ClN2OS2/c16-11-5-6-12(10-3-1-7-17-15(10)11)18-13(19)9-21-14-4-2-8-20-14/h1-8H,9H2,(H,18,19). The van der Waals surface area contributed by atoms with E-state index in [1.54, 1.807) is 29.7 Å². The van der Waals surface area contributed by atoms with Crippen LogP contribution in [0.5, 0.6) is 0 Å². The number of aromatic nitrogens is 1. The van der Waals surface area contributed by atoms with Gasteiger partial charge in [0.25, 0.3) is 0 Å².